The maximum Gasteiger partial charge on any atom is 0.0802 e. The quantitative estimate of drug-likeness (QED) is 0.303. The third kappa shape index (κ3) is 1.68. The molecule has 2 nitrogen and oxygen atoms in total. The lowest BCUT2D eigenvalue weighted by molar-refractivity contribution is 0.934. The molecule has 0 aliphatic heterocycles. The molecule has 0 radical (unpaired) electrons. The molecule has 0 spiro atoms. The van der Waals surface area contributed by atoms with Crippen LogP contribution in [-0.4, -0.2) is 9.55 Å². The number of fused-ring (bicyclic) bond motifs is 10. The van der Waals surface area contributed by atoms with Crippen LogP contribution in [0.1, 0.15) is 0 Å². The monoisotopic (exact) mass is 332 g/mol. The molecule has 122 valence electrons. The van der Waals surface area contributed by atoms with Gasteiger partial charge < -0.3 is 4.57 Å². The van der Waals surface area contributed by atoms with Crippen molar-refractivity contribution in [1.29, 1.82) is 0 Å². The number of pyridine rings is 1. The largest absolute Gasteiger partial charge is 0.356 e. The number of aromatic nitrogens is 2. The van der Waals surface area contributed by atoms with E-state index in [1.165, 1.54) is 48.5 Å². The summed E-state index contributed by atoms with van der Waals surface area (Å²) in [5.74, 6) is 0. The van der Waals surface area contributed by atoms with Crippen LogP contribution in [0, 0.1) is 0 Å². The Labute approximate surface area is 150 Å². The minimum absolute atomic E-state index is 1.08. The molecule has 2 heteroatoms. The van der Waals surface area contributed by atoms with Gasteiger partial charge in [0.25, 0.3) is 0 Å². The van der Waals surface area contributed by atoms with Crippen LogP contribution >= 0.6 is 0 Å². The first kappa shape index (κ1) is 13.9. The highest BCUT2D eigenvalue weighted by molar-refractivity contribution is 6.32. The third-order valence-corrected chi connectivity index (χ3v) is 5.50. The molecule has 6 rings (SSSR count). The van der Waals surface area contributed by atoms with Crippen molar-refractivity contribution in [3.8, 4) is 0 Å². The van der Waals surface area contributed by atoms with E-state index in [2.05, 4.69) is 78.6 Å². The Kier molecular flexibility index (Phi) is 2.57. The van der Waals surface area contributed by atoms with Crippen LogP contribution in [0.4, 0.5) is 0 Å². The van der Waals surface area contributed by atoms with Gasteiger partial charge in [-0.05, 0) is 38.4 Å². The molecular weight excluding hydrogens is 316 g/mol. The van der Waals surface area contributed by atoms with Gasteiger partial charge in [-0.25, -0.2) is 0 Å². The molecule has 0 bridgehead atoms. The molecule has 0 fully saturated rings. The summed E-state index contributed by atoms with van der Waals surface area (Å²) in [5.41, 5.74) is 1.08. The zero-order valence-electron chi connectivity index (χ0n) is 14.4. The highest BCUT2D eigenvalue weighted by Crippen LogP contribution is 2.39. The summed E-state index contributed by atoms with van der Waals surface area (Å²) >= 11 is 0. The van der Waals surface area contributed by atoms with Crippen molar-refractivity contribution in [3.05, 3.63) is 79.3 Å². The van der Waals surface area contributed by atoms with Crippen LogP contribution in [0.5, 0.6) is 0 Å². The Morgan fingerprint density at radius 2 is 1.35 bits per heavy atom. The number of benzene rings is 4. The van der Waals surface area contributed by atoms with Crippen LogP contribution in [0.25, 0.3) is 54.0 Å². The maximum absolute atomic E-state index is 4.73. The van der Waals surface area contributed by atoms with Crippen molar-refractivity contribution < 1.29 is 0 Å². The van der Waals surface area contributed by atoms with Gasteiger partial charge in [-0.15, -0.1) is 0 Å². The molecule has 0 aliphatic carbocycles. The summed E-state index contributed by atoms with van der Waals surface area (Å²) in [6.07, 6.45) is 6.27. The van der Waals surface area contributed by atoms with Crippen LogP contribution in [-0.2, 0) is 7.05 Å². The van der Waals surface area contributed by atoms with E-state index in [4.69, 9.17) is 4.98 Å². The fourth-order valence-corrected chi connectivity index (χ4v) is 4.41. The Bertz CT molecular complexity index is 1490. The topological polar surface area (TPSA) is 17.8 Å². The van der Waals surface area contributed by atoms with Crippen LogP contribution in [0.15, 0.2) is 79.3 Å². The molecular formula is C24H16N2. The number of rotatable bonds is 0. The smallest absolute Gasteiger partial charge is 0.0802 e. The molecule has 26 heavy (non-hydrogen) atoms. The van der Waals surface area contributed by atoms with Crippen molar-refractivity contribution in [2.75, 3.05) is 0 Å². The predicted octanol–water partition coefficient (Wildman–Crippen LogP) is 6.19. The zero-order valence-corrected chi connectivity index (χ0v) is 14.4. The zero-order chi connectivity index (χ0) is 17.3. The van der Waals surface area contributed by atoms with Crippen LogP contribution < -0.4 is 0 Å². The van der Waals surface area contributed by atoms with E-state index in [1.807, 2.05) is 12.3 Å². The van der Waals surface area contributed by atoms with Gasteiger partial charge >= 0.3 is 0 Å². The molecule has 0 saturated heterocycles. The van der Waals surface area contributed by atoms with Crippen LogP contribution in [0.3, 0.4) is 0 Å². The fraction of sp³-hybridized carbons (Fsp3) is 0.0417. The van der Waals surface area contributed by atoms with Crippen molar-refractivity contribution >= 4 is 54.0 Å². The Morgan fingerprint density at radius 1 is 0.615 bits per heavy atom. The summed E-state index contributed by atoms with van der Waals surface area (Å²) in [6, 6.07) is 21.9. The second-order valence-electron chi connectivity index (χ2n) is 7.02. The number of hydrogen-bond donors (Lipinski definition) is 0. The lowest BCUT2D eigenvalue weighted by Gasteiger charge is -2.11. The second-order valence-corrected chi connectivity index (χ2v) is 7.02. The van der Waals surface area contributed by atoms with E-state index in [0.29, 0.717) is 0 Å². The Balaban J connectivity index is 1.98. The number of hydrogen-bond acceptors (Lipinski definition) is 1. The molecule has 6 aromatic rings. The summed E-state index contributed by atoms with van der Waals surface area (Å²) < 4.78 is 2.13. The molecule has 4 aromatic carbocycles. The first-order valence-electron chi connectivity index (χ1n) is 8.88. The van der Waals surface area contributed by atoms with Gasteiger partial charge in [-0.3, -0.25) is 4.98 Å². The molecule has 0 N–H and O–H groups in total. The Hall–Kier alpha value is -3.39. The minimum Gasteiger partial charge on any atom is -0.356 e. The van der Waals surface area contributed by atoms with E-state index in [1.54, 1.807) is 0 Å². The normalized spacial score (nSPS) is 12.0. The fourth-order valence-electron chi connectivity index (χ4n) is 4.41. The lowest BCUT2D eigenvalue weighted by atomic mass is 9.92. The standard InChI is InChI=1S/C24H16N2/c1-26-13-21-19-11-10-17-16-6-3-2-5-15(16)8-9-18(17)23(19)20-7-4-12-25-24(20)22(21)14-26/h2-14H,1H3. The third-order valence-electron chi connectivity index (χ3n) is 5.50. The molecule has 2 aromatic heterocycles. The van der Waals surface area contributed by atoms with E-state index >= 15 is 0 Å². The summed E-state index contributed by atoms with van der Waals surface area (Å²) in [6.45, 7) is 0. The average molecular weight is 332 g/mol. The molecule has 0 amide bonds. The highest BCUT2D eigenvalue weighted by Gasteiger charge is 2.14. The van der Waals surface area contributed by atoms with Crippen molar-refractivity contribution in [3.63, 3.8) is 0 Å². The first-order valence-corrected chi connectivity index (χ1v) is 8.88. The van der Waals surface area contributed by atoms with Gasteiger partial charge in [0.05, 0.1) is 5.52 Å². The molecule has 0 aliphatic rings. The highest BCUT2D eigenvalue weighted by atomic mass is 14.9. The number of nitrogens with zero attached hydrogens (tertiary/aromatic N) is 2. The molecule has 0 saturated carbocycles. The van der Waals surface area contributed by atoms with Gasteiger partial charge in [0, 0.05) is 41.8 Å². The van der Waals surface area contributed by atoms with Crippen LogP contribution in [0.2, 0.25) is 0 Å². The average Bonchev–Trinajstić information content (AvgIpc) is 3.09. The summed E-state index contributed by atoms with van der Waals surface area (Å²) in [4.78, 5) is 4.73. The lowest BCUT2D eigenvalue weighted by Crippen LogP contribution is -1.86. The summed E-state index contributed by atoms with van der Waals surface area (Å²) in [5, 5.41) is 11.5. The molecule has 2 heterocycles. The first-order chi connectivity index (χ1) is 12.8. The summed E-state index contributed by atoms with van der Waals surface area (Å²) in [7, 11) is 2.08. The van der Waals surface area contributed by atoms with E-state index in [-0.39, 0.29) is 0 Å². The minimum atomic E-state index is 1.08. The van der Waals surface area contributed by atoms with Crippen molar-refractivity contribution in [2.24, 2.45) is 7.05 Å². The Morgan fingerprint density at radius 3 is 2.31 bits per heavy atom. The van der Waals surface area contributed by atoms with E-state index in [0.717, 1.165) is 5.52 Å². The van der Waals surface area contributed by atoms with Crippen molar-refractivity contribution in [2.45, 2.75) is 0 Å². The predicted molar refractivity (Wildman–Crippen MR) is 111 cm³/mol. The van der Waals surface area contributed by atoms with Gasteiger partial charge in [0.1, 0.15) is 0 Å². The van der Waals surface area contributed by atoms with Crippen molar-refractivity contribution in [1.82, 2.24) is 9.55 Å². The van der Waals surface area contributed by atoms with E-state index < -0.39 is 0 Å². The van der Waals surface area contributed by atoms with E-state index in [9.17, 15) is 0 Å². The van der Waals surface area contributed by atoms with Gasteiger partial charge in [0.2, 0.25) is 0 Å². The van der Waals surface area contributed by atoms with Gasteiger partial charge in [-0.2, -0.15) is 0 Å². The molecule has 0 unspecified atom stereocenters. The number of aryl methyl sites for hydroxylation is 1. The van der Waals surface area contributed by atoms with Gasteiger partial charge in [-0.1, -0.05) is 54.6 Å². The maximum atomic E-state index is 4.73. The molecule has 0 atom stereocenters. The van der Waals surface area contributed by atoms with Gasteiger partial charge in [0.15, 0.2) is 0 Å². The second kappa shape index (κ2) is 4.83. The SMILES string of the molecule is Cn1cc2c(c1)c1ncccc1c1c3ccc4ccccc4c3ccc21.